The van der Waals surface area contributed by atoms with E-state index in [0.717, 1.165) is 37.7 Å². The molecule has 1 aromatic heterocycles. The second-order valence-electron chi connectivity index (χ2n) is 5.95. The van der Waals surface area contributed by atoms with E-state index in [1.54, 1.807) is 6.26 Å². The minimum absolute atomic E-state index is 0.312. The Morgan fingerprint density at radius 3 is 2.74 bits per heavy atom. The first-order chi connectivity index (χ1) is 11.4. The van der Waals surface area contributed by atoms with E-state index in [4.69, 9.17) is 9.15 Å². The van der Waals surface area contributed by atoms with Crippen molar-refractivity contribution in [3.63, 3.8) is 0 Å². The largest absolute Gasteiger partial charge is 0.494 e. The maximum atomic E-state index is 5.70. The predicted octanol–water partition coefficient (Wildman–Crippen LogP) is 3.61. The Morgan fingerprint density at radius 2 is 2.00 bits per heavy atom. The molecule has 1 aliphatic heterocycles. The first kappa shape index (κ1) is 16.1. The van der Waals surface area contributed by atoms with Crippen LogP contribution in [0.25, 0.3) is 0 Å². The number of benzene rings is 1. The van der Waals surface area contributed by atoms with Crippen molar-refractivity contribution in [2.75, 3.05) is 26.2 Å². The minimum atomic E-state index is 0.312. The molecule has 1 N–H and O–H groups in total. The molecule has 0 radical (unpaired) electrons. The van der Waals surface area contributed by atoms with Gasteiger partial charge in [-0.05, 0) is 51.1 Å². The fraction of sp³-hybridized carbons (Fsp3) is 0.474. The van der Waals surface area contributed by atoms with Crippen LogP contribution in [0.5, 0.6) is 5.75 Å². The molecular weight excluding hydrogens is 288 g/mol. The first-order valence-corrected chi connectivity index (χ1v) is 8.57. The van der Waals surface area contributed by atoms with E-state index in [1.807, 2.05) is 25.1 Å². The van der Waals surface area contributed by atoms with Gasteiger partial charge in [0, 0.05) is 18.7 Å². The molecule has 23 heavy (non-hydrogen) atoms. The van der Waals surface area contributed by atoms with Gasteiger partial charge in [0.15, 0.2) is 0 Å². The number of likely N-dealkylation sites (tertiary alicyclic amines) is 1. The maximum absolute atomic E-state index is 5.70. The average molecular weight is 314 g/mol. The number of hydrogen-bond donors (Lipinski definition) is 1. The van der Waals surface area contributed by atoms with Gasteiger partial charge in [-0.1, -0.05) is 18.2 Å². The monoisotopic (exact) mass is 314 g/mol. The van der Waals surface area contributed by atoms with E-state index in [9.17, 15) is 0 Å². The Morgan fingerprint density at radius 1 is 1.17 bits per heavy atom. The molecule has 1 aliphatic rings. The minimum Gasteiger partial charge on any atom is -0.494 e. The van der Waals surface area contributed by atoms with Crippen LogP contribution in [0.2, 0.25) is 0 Å². The van der Waals surface area contributed by atoms with E-state index in [1.165, 1.54) is 18.4 Å². The number of furan rings is 1. The first-order valence-electron chi connectivity index (χ1n) is 8.57. The van der Waals surface area contributed by atoms with Gasteiger partial charge in [-0.25, -0.2) is 0 Å². The van der Waals surface area contributed by atoms with Crippen LogP contribution in [0.1, 0.15) is 37.1 Å². The zero-order valence-corrected chi connectivity index (χ0v) is 13.8. The van der Waals surface area contributed by atoms with Crippen molar-refractivity contribution in [2.45, 2.75) is 32.4 Å². The topological polar surface area (TPSA) is 37.6 Å². The van der Waals surface area contributed by atoms with Gasteiger partial charge in [0.25, 0.3) is 0 Å². The Labute approximate surface area is 138 Å². The number of rotatable bonds is 8. The molecule has 1 unspecified atom stereocenters. The Bertz CT molecular complexity index is 577. The quantitative estimate of drug-likeness (QED) is 0.808. The van der Waals surface area contributed by atoms with Gasteiger partial charge < -0.3 is 14.5 Å². The molecule has 1 aromatic carbocycles. The van der Waals surface area contributed by atoms with Gasteiger partial charge in [-0.3, -0.25) is 4.90 Å². The summed E-state index contributed by atoms with van der Waals surface area (Å²) < 4.78 is 11.4. The van der Waals surface area contributed by atoms with Crippen molar-refractivity contribution < 1.29 is 9.15 Å². The second kappa shape index (κ2) is 8.18. The van der Waals surface area contributed by atoms with Crippen molar-refractivity contribution in [3.8, 4) is 5.75 Å². The molecule has 1 saturated heterocycles. The summed E-state index contributed by atoms with van der Waals surface area (Å²) in [6.45, 7) is 6.71. The van der Waals surface area contributed by atoms with Crippen LogP contribution in [0.15, 0.2) is 47.1 Å². The highest BCUT2D eigenvalue weighted by atomic mass is 16.5. The zero-order chi connectivity index (χ0) is 15.9. The van der Waals surface area contributed by atoms with Crippen molar-refractivity contribution in [3.05, 3.63) is 54.0 Å². The highest BCUT2D eigenvalue weighted by molar-refractivity contribution is 5.33. The molecule has 4 heteroatoms. The summed E-state index contributed by atoms with van der Waals surface area (Å²) in [7, 11) is 0. The van der Waals surface area contributed by atoms with Gasteiger partial charge >= 0.3 is 0 Å². The molecule has 4 nitrogen and oxygen atoms in total. The van der Waals surface area contributed by atoms with Gasteiger partial charge in [0.1, 0.15) is 11.5 Å². The molecular formula is C19H26N2O2. The Balaban J connectivity index is 1.61. The molecule has 0 amide bonds. The lowest BCUT2D eigenvalue weighted by atomic mass is 10.1. The number of hydrogen-bond acceptors (Lipinski definition) is 4. The molecule has 1 atom stereocenters. The third-order valence-electron chi connectivity index (χ3n) is 4.38. The van der Waals surface area contributed by atoms with Crippen molar-refractivity contribution in [1.29, 1.82) is 0 Å². The standard InChI is InChI=1S/C19H26N2O2/c1-2-22-18-9-4-3-8-16(18)14-20-15-17(19-10-7-13-23-19)21-11-5-6-12-21/h3-4,7-10,13,17,20H,2,5-6,11-12,14-15H2,1H3. The lowest BCUT2D eigenvalue weighted by Crippen LogP contribution is -2.33. The summed E-state index contributed by atoms with van der Waals surface area (Å²) in [5.41, 5.74) is 1.20. The molecule has 3 rings (SSSR count). The van der Waals surface area contributed by atoms with Gasteiger partial charge in [0.2, 0.25) is 0 Å². The Kier molecular flexibility index (Phi) is 5.72. The number of para-hydroxylation sites is 1. The second-order valence-corrected chi connectivity index (χ2v) is 5.95. The highest BCUT2D eigenvalue weighted by Crippen LogP contribution is 2.25. The molecule has 0 spiro atoms. The van der Waals surface area contributed by atoms with Crippen molar-refractivity contribution in [1.82, 2.24) is 10.2 Å². The summed E-state index contributed by atoms with van der Waals surface area (Å²) in [6, 6.07) is 12.6. The van der Waals surface area contributed by atoms with E-state index < -0.39 is 0 Å². The highest BCUT2D eigenvalue weighted by Gasteiger charge is 2.25. The Hall–Kier alpha value is -1.78. The fourth-order valence-corrected chi connectivity index (χ4v) is 3.23. The lowest BCUT2D eigenvalue weighted by Gasteiger charge is -2.26. The normalized spacial score (nSPS) is 16.6. The summed E-state index contributed by atoms with van der Waals surface area (Å²) in [5.74, 6) is 2.02. The SMILES string of the molecule is CCOc1ccccc1CNCC(c1ccco1)N1CCCC1. The van der Waals surface area contributed by atoms with Crippen LogP contribution in [0.4, 0.5) is 0 Å². The van der Waals surface area contributed by atoms with E-state index in [0.29, 0.717) is 12.6 Å². The molecule has 2 heterocycles. The van der Waals surface area contributed by atoms with E-state index in [-0.39, 0.29) is 0 Å². The zero-order valence-electron chi connectivity index (χ0n) is 13.8. The molecule has 0 bridgehead atoms. The molecule has 2 aromatic rings. The average Bonchev–Trinajstić information content (AvgIpc) is 3.27. The van der Waals surface area contributed by atoms with Crippen LogP contribution < -0.4 is 10.1 Å². The third kappa shape index (κ3) is 4.15. The van der Waals surface area contributed by atoms with Gasteiger partial charge in [-0.15, -0.1) is 0 Å². The van der Waals surface area contributed by atoms with Crippen LogP contribution in [0, 0.1) is 0 Å². The smallest absolute Gasteiger partial charge is 0.123 e. The van der Waals surface area contributed by atoms with Crippen LogP contribution in [-0.2, 0) is 6.54 Å². The summed E-state index contributed by atoms with van der Waals surface area (Å²) in [6.07, 6.45) is 4.33. The summed E-state index contributed by atoms with van der Waals surface area (Å²) >= 11 is 0. The summed E-state index contributed by atoms with van der Waals surface area (Å²) in [4.78, 5) is 2.51. The predicted molar refractivity (Wildman–Crippen MR) is 91.6 cm³/mol. The van der Waals surface area contributed by atoms with Crippen molar-refractivity contribution >= 4 is 0 Å². The lowest BCUT2D eigenvalue weighted by molar-refractivity contribution is 0.209. The molecule has 0 aliphatic carbocycles. The number of ether oxygens (including phenoxy) is 1. The third-order valence-corrected chi connectivity index (χ3v) is 4.38. The fourth-order valence-electron chi connectivity index (χ4n) is 3.23. The van der Waals surface area contributed by atoms with Crippen molar-refractivity contribution in [2.24, 2.45) is 0 Å². The summed E-state index contributed by atoms with van der Waals surface area (Å²) in [5, 5.41) is 3.58. The number of nitrogens with zero attached hydrogens (tertiary/aromatic N) is 1. The van der Waals surface area contributed by atoms with E-state index >= 15 is 0 Å². The van der Waals surface area contributed by atoms with Crippen LogP contribution in [-0.4, -0.2) is 31.1 Å². The van der Waals surface area contributed by atoms with Gasteiger partial charge in [0.05, 0.1) is 18.9 Å². The van der Waals surface area contributed by atoms with E-state index in [2.05, 4.69) is 28.4 Å². The van der Waals surface area contributed by atoms with Crippen LogP contribution >= 0.6 is 0 Å². The van der Waals surface area contributed by atoms with Gasteiger partial charge in [-0.2, -0.15) is 0 Å². The molecule has 124 valence electrons. The van der Waals surface area contributed by atoms with Crippen LogP contribution in [0.3, 0.4) is 0 Å². The maximum Gasteiger partial charge on any atom is 0.123 e. The number of nitrogens with one attached hydrogen (secondary N) is 1. The molecule has 0 saturated carbocycles. The molecule has 1 fully saturated rings.